The van der Waals surface area contributed by atoms with Crippen LogP contribution in [-0.2, 0) is 4.79 Å². The predicted molar refractivity (Wildman–Crippen MR) is 56.7 cm³/mol. The summed E-state index contributed by atoms with van der Waals surface area (Å²) in [5.41, 5.74) is 0.767. The van der Waals surface area contributed by atoms with Gasteiger partial charge in [-0.15, -0.1) is 0 Å². The van der Waals surface area contributed by atoms with E-state index in [1.54, 1.807) is 24.3 Å². The molecule has 0 heterocycles. The highest BCUT2D eigenvalue weighted by Gasteiger charge is 2.16. The van der Waals surface area contributed by atoms with Gasteiger partial charge >= 0.3 is 0 Å². The predicted octanol–water partition coefficient (Wildman–Crippen LogP) is 2.29. The highest BCUT2D eigenvalue weighted by Crippen LogP contribution is 2.20. The van der Waals surface area contributed by atoms with Gasteiger partial charge in [-0.25, -0.2) is 0 Å². The molecule has 0 aliphatic heterocycles. The zero-order chi connectivity index (χ0) is 11.3. The van der Waals surface area contributed by atoms with Crippen molar-refractivity contribution in [1.82, 2.24) is 0 Å². The molecule has 1 aromatic rings. The molecule has 0 unspecified atom stereocenters. The number of halogens is 1. The summed E-state index contributed by atoms with van der Waals surface area (Å²) in [6, 6.07) is 6.74. The fourth-order valence-electron chi connectivity index (χ4n) is 1.35. The van der Waals surface area contributed by atoms with Crippen molar-refractivity contribution in [2.24, 2.45) is 0 Å². The topological polar surface area (TPSA) is 60.2 Å². The van der Waals surface area contributed by atoms with Gasteiger partial charge in [0.05, 0.1) is 5.92 Å². The van der Waals surface area contributed by atoms with Gasteiger partial charge in [0.2, 0.25) is 6.54 Å². The van der Waals surface area contributed by atoms with Crippen molar-refractivity contribution >= 4 is 17.9 Å². The third kappa shape index (κ3) is 3.67. The van der Waals surface area contributed by atoms with Gasteiger partial charge in [-0.3, -0.25) is 10.1 Å². The van der Waals surface area contributed by atoms with Gasteiger partial charge in [0.1, 0.15) is 6.29 Å². The number of rotatable bonds is 5. The summed E-state index contributed by atoms with van der Waals surface area (Å²) >= 11 is 5.70. The zero-order valence-electron chi connectivity index (χ0n) is 7.93. The molecule has 0 bridgehead atoms. The van der Waals surface area contributed by atoms with Crippen LogP contribution in [0.15, 0.2) is 24.3 Å². The summed E-state index contributed by atoms with van der Waals surface area (Å²) in [4.78, 5) is 20.4. The van der Waals surface area contributed by atoms with Crippen molar-refractivity contribution in [2.45, 2.75) is 12.3 Å². The minimum absolute atomic E-state index is 0.155. The molecule has 15 heavy (non-hydrogen) atoms. The molecule has 0 N–H and O–H groups in total. The van der Waals surface area contributed by atoms with Crippen LogP contribution >= 0.6 is 11.6 Å². The summed E-state index contributed by atoms with van der Waals surface area (Å²) in [7, 11) is 0. The highest BCUT2D eigenvalue weighted by atomic mass is 35.5. The molecule has 0 aromatic heterocycles. The molecular weight excluding hydrogens is 218 g/mol. The maximum atomic E-state index is 10.4. The van der Waals surface area contributed by atoms with Gasteiger partial charge in [-0.1, -0.05) is 23.7 Å². The molecular formula is C10H10ClNO3. The second-order valence-electron chi connectivity index (χ2n) is 3.17. The molecule has 0 saturated heterocycles. The van der Waals surface area contributed by atoms with Crippen molar-refractivity contribution in [3.05, 3.63) is 45.0 Å². The van der Waals surface area contributed by atoms with E-state index in [2.05, 4.69) is 0 Å². The summed E-state index contributed by atoms with van der Waals surface area (Å²) in [6.07, 6.45) is 0.853. The van der Waals surface area contributed by atoms with Crippen LogP contribution < -0.4 is 0 Å². The number of hydrogen-bond donors (Lipinski definition) is 0. The van der Waals surface area contributed by atoms with Gasteiger partial charge in [-0.05, 0) is 17.7 Å². The normalized spacial score (nSPS) is 12.1. The largest absolute Gasteiger partial charge is 0.303 e. The molecule has 0 saturated carbocycles. The lowest BCUT2D eigenvalue weighted by Gasteiger charge is -2.09. The van der Waals surface area contributed by atoms with Crippen LogP contribution in [0.1, 0.15) is 17.9 Å². The SMILES string of the molecule is O=CC[C@@H](C[N+](=O)[O-])c1ccc(Cl)cc1. The molecule has 80 valence electrons. The van der Waals surface area contributed by atoms with E-state index in [1.165, 1.54) is 0 Å². The molecule has 4 nitrogen and oxygen atoms in total. The Morgan fingerprint density at radius 3 is 2.47 bits per heavy atom. The van der Waals surface area contributed by atoms with Gasteiger partial charge in [0.25, 0.3) is 0 Å². The van der Waals surface area contributed by atoms with E-state index in [0.29, 0.717) is 11.3 Å². The first-order valence-corrected chi connectivity index (χ1v) is 4.82. The molecule has 0 radical (unpaired) electrons. The smallest absolute Gasteiger partial charge is 0.211 e. The second-order valence-corrected chi connectivity index (χ2v) is 3.60. The van der Waals surface area contributed by atoms with E-state index in [9.17, 15) is 14.9 Å². The average molecular weight is 228 g/mol. The molecule has 1 aromatic carbocycles. The Bertz CT molecular complexity index is 350. The highest BCUT2D eigenvalue weighted by molar-refractivity contribution is 6.30. The Labute approximate surface area is 92.0 Å². The van der Waals surface area contributed by atoms with Crippen molar-refractivity contribution in [1.29, 1.82) is 0 Å². The first-order valence-electron chi connectivity index (χ1n) is 4.44. The lowest BCUT2D eigenvalue weighted by Crippen LogP contribution is -2.13. The van der Waals surface area contributed by atoms with Gasteiger partial charge < -0.3 is 4.79 Å². The fraction of sp³-hybridized carbons (Fsp3) is 0.300. The van der Waals surface area contributed by atoms with E-state index >= 15 is 0 Å². The minimum Gasteiger partial charge on any atom is -0.303 e. The van der Waals surface area contributed by atoms with Crippen LogP contribution in [0.25, 0.3) is 0 Å². The molecule has 0 spiro atoms. The average Bonchev–Trinajstić information content (AvgIpc) is 2.17. The van der Waals surface area contributed by atoms with Crippen LogP contribution in [0, 0.1) is 10.1 Å². The van der Waals surface area contributed by atoms with Crippen LogP contribution in [0.4, 0.5) is 0 Å². The molecule has 1 atom stereocenters. The first kappa shape index (κ1) is 11.7. The Morgan fingerprint density at radius 1 is 1.40 bits per heavy atom. The van der Waals surface area contributed by atoms with E-state index < -0.39 is 4.92 Å². The summed E-state index contributed by atoms with van der Waals surface area (Å²) in [5, 5.41) is 11.0. The summed E-state index contributed by atoms with van der Waals surface area (Å²) in [5.74, 6) is -0.366. The lowest BCUT2D eigenvalue weighted by molar-refractivity contribution is -0.483. The second kappa shape index (κ2) is 5.46. The third-order valence-corrected chi connectivity index (χ3v) is 2.34. The van der Waals surface area contributed by atoms with Crippen LogP contribution in [0.5, 0.6) is 0 Å². The molecule has 1 rings (SSSR count). The van der Waals surface area contributed by atoms with Crippen LogP contribution in [0.3, 0.4) is 0 Å². The summed E-state index contributed by atoms with van der Waals surface area (Å²) < 4.78 is 0. The molecule has 0 amide bonds. The standard InChI is InChI=1S/C10H10ClNO3/c11-10-3-1-8(2-4-10)9(5-6-13)7-12(14)15/h1-4,6,9H,5,7H2/t9-/m0/s1. The lowest BCUT2D eigenvalue weighted by atomic mass is 9.96. The van der Waals surface area contributed by atoms with Crippen molar-refractivity contribution in [2.75, 3.05) is 6.54 Å². The first-order chi connectivity index (χ1) is 7.13. The quantitative estimate of drug-likeness (QED) is 0.441. The van der Waals surface area contributed by atoms with Crippen LogP contribution in [-0.4, -0.2) is 17.8 Å². The van der Waals surface area contributed by atoms with E-state index in [1.807, 2.05) is 0 Å². The number of carbonyl (C=O) groups is 1. The van der Waals surface area contributed by atoms with E-state index in [4.69, 9.17) is 11.6 Å². The molecule has 0 aliphatic carbocycles. The number of aldehydes is 1. The van der Waals surface area contributed by atoms with Crippen LogP contribution in [0.2, 0.25) is 5.02 Å². The molecule has 5 heteroatoms. The third-order valence-electron chi connectivity index (χ3n) is 2.09. The number of hydrogen-bond acceptors (Lipinski definition) is 3. The summed E-state index contributed by atoms with van der Waals surface area (Å²) in [6.45, 7) is -0.236. The molecule has 0 fully saturated rings. The maximum absolute atomic E-state index is 10.4. The minimum atomic E-state index is -0.414. The van der Waals surface area contributed by atoms with Gasteiger partial charge in [-0.2, -0.15) is 0 Å². The Hall–Kier alpha value is -1.42. The number of nitro groups is 1. The van der Waals surface area contributed by atoms with Crippen molar-refractivity contribution in [3.63, 3.8) is 0 Å². The Morgan fingerprint density at radius 2 is 2.00 bits per heavy atom. The number of benzene rings is 1. The van der Waals surface area contributed by atoms with Gasteiger partial charge in [0, 0.05) is 16.4 Å². The number of nitrogens with zero attached hydrogens (tertiary/aromatic N) is 1. The zero-order valence-corrected chi connectivity index (χ0v) is 8.68. The Balaban J connectivity index is 2.83. The van der Waals surface area contributed by atoms with E-state index in [-0.39, 0.29) is 18.9 Å². The maximum Gasteiger partial charge on any atom is 0.211 e. The van der Waals surface area contributed by atoms with E-state index in [0.717, 1.165) is 5.56 Å². The number of carbonyl (C=O) groups excluding carboxylic acids is 1. The molecule has 0 aliphatic rings. The van der Waals surface area contributed by atoms with Gasteiger partial charge in [0.15, 0.2) is 0 Å². The Kier molecular flexibility index (Phi) is 4.24. The fourth-order valence-corrected chi connectivity index (χ4v) is 1.47. The monoisotopic (exact) mass is 227 g/mol. The van der Waals surface area contributed by atoms with Crippen molar-refractivity contribution < 1.29 is 9.72 Å². The van der Waals surface area contributed by atoms with Crippen molar-refractivity contribution in [3.8, 4) is 0 Å².